The highest BCUT2D eigenvalue weighted by atomic mass is 35.5. The predicted octanol–water partition coefficient (Wildman–Crippen LogP) is 2.92. The number of benzene rings is 2. The molecule has 1 atom stereocenters. The lowest BCUT2D eigenvalue weighted by atomic mass is 10.2. The molecule has 6 nitrogen and oxygen atoms in total. The van der Waals surface area contributed by atoms with Crippen molar-refractivity contribution in [3.63, 3.8) is 0 Å². The molecule has 1 unspecified atom stereocenters. The van der Waals surface area contributed by atoms with E-state index in [1.54, 1.807) is 9.58 Å². The Kier molecular flexibility index (Phi) is 5.88. The molecule has 0 saturated carbocycles. The Hall–Kier alpha value is -2.70. The maximum atomic E-state index is 13.0. The number of likely N-dealkylation sites (tertiary alicyclic amines) is 1. The highest BCUT2D eigenvalue weighted by Gasteiger charge is 2.31. The van der Waals surface area contributed by atoms with E-state index in [2.05, 4.69) is 10.1 Å². The number of aromatic nitrogens is 3. The van der Waals surface area contributed by atoms with Crippen molar-refractivity contribution >= 4 is 18.3 Å². The van der Waals surface area contributed by atoms with Crippen LogP contribution in [0.15, 0.2) is 60.7 Å². The van der Waals surface area contributed by atoms with Crippen LogP contribution in [0.5, 0.6) is 0 Å². The zero-order chi connectivity index (χ0) is 17.9. The van der Waals surface area contributed by atoms with Crippen LogP contribution in [-0.4, -0.2) is 44.7 Å². The van der Waals surface area contributed by atoms with Crippen molar-refractivity contribution in [1.29, 1.82) is 0 Å². The largest absolute Gasteiger partial charge is 0.332 e. The van der Waals surface area contributed by atoms with Gasteiger partial charge in [-0.05, 0) is 25.0 Å². The Morgan fingerprint density at radius 1 is 1.07 bits per heavy atom. The number of hydrogen-bond acceptors (Lipinski definition) is 4. The molecule has 1 aromatic heterocycles. The molecule has 2 N–H and O–H groups in total. The molecule has 1 saturated heterocycles. The van der Waals surface area contributed by atoms with Crippen molar-refractivity contribution in [2.45, 2.75) is 18.9 Å². The van der Waals surface area contributed by atoms with Crippen molar-refractivity contribution in [3.05, 3.63) is 66.5 Å². The third-order valence-corrected chi connectivity index (χ3v) is 4.74. The number of nitrogens with zero attached hydrogens (tertiary/aromatic N) is 4. The summed E-state index contributed by atoms with van der Waals surface area (Å²) in [5.41, 5.74) is 7.60. The first-order valence-electron chi connectivity index (χ1n) is 8.87. The number of nitrogens with two attached hydrogens (primary N) is 1. The summed E-state index contributed by atoms with van der Waals surface area (Å²) in [6.07, 6.45) is 1.91. The van der Waals surface area contributed by atoms with Gasteiger partial charge < -0.3 is 10.6 Å². The first kappa shape index (κ1) is 19.1. The van der Waals surface area contributed by atoms with Crippen LogP contribution in [0.2, 0.25) is 0 Å². The van der Waals surface area contributed by atoms with E-state index in [0.717, 1.165) is 24.1 Å². The molecular formula is C20H22ClN5O. The van der Waals surface area contributed by atoms with Crippen LogP contribution in [0.4, 0.5) is 0 Å². The summed E-state index contributed by atoms with van der Waals surface area (Å²) in [6.45, 7) is 1.18. The van der Waals surface area contributed by atoms with Gasteiger partial charge >= 0.3 is 0 Å². The Bertz CT molecular complexity index is 840. The second-order valence-electron chi connectivity index (χ2n) is 6.40. The summed E-state index contributed by atoms with van der Waals surface area (Å²) in [5, 5.41) is 4.54. The third-order valence-electron chi connectivity index (χ3n) is 4.74. The molecule has 0 aliphatic carbocycles. The minimum Gasteiger partial charge on any atom is -0.332 e. The van der Waals surface area contributed by atoms with E-state index in [1.165, 1.54) is 0 Å². The van der Waals surface area contributed by atoms with Crippen molar-refractivity contribution in [1.82, 2.24) is 19.7 Å². The van der Waals surface area contributed by atoms with Gasteiger partial charge in [-0.15, -0.1) is 17.5 Å². The van der Waals surface area contributed by atoms with E-state index in [0.29, 0.717) is 18.9 Å². The number of carbonyl (C=O) groups is 1. The first-order chi connectivity index (χ1) is 12.8. The molecule has 140 valence electrons. The zero-order valence-corrected chi connectivity index (χ0v) is 15.7. The van der Waals surface area contributed by atoms with Gasteiger partial charge in [-0.3, -0.25) is 4.79 Å². The quantitative estimate of drug-likeness (QED) is 0.751. The maximum Gasteiger partial charge on any atom is 0.293 e. The van der Waals surface area contributed by atoms with Gasteiger partial charge in [0.05, 0.1) is 5.69 Å². The number of para-hydroxylation sites is 1. The molecule has 1 aliphatic rings. The smallest absolute Gasteiger partial charge is 0.293 e. The van der Waals surface area contributed by atoms with Gasteiger partial charge in [-0.2, -0.15) is 0 Å². The predicted molar refractivity (Wildman–Crippen MR) is 107 cm³/mol. The molecule has 0 radical (unpaired) electrons. The van der Waals surface area contributed by atoms with Gasteiger partial charge in [-0.25, -0.2) is 9.67 Å². The molecule has 2 aromatic carbocycles. The van der Waals surface area contributed by atoms with Crippen molar-refractivity contribution in [2.75, 3.05) is 13.1 Å². The van der Waals surface area contributed by atoms with E-state index in [-0.39, 0.29) is 30.2 Å². The Morgan fingerprint density at radius 3 is 2.41 bits per heavy atom. The van der Waals surface area contributed by atoms with Gasteiger partial charge in [0.1, 0.15) is 0 Å². The molecule has 3 aromatic rings. The van der Waals surface area contributed by atoms with Gasteiger partial charge in [0, 0.05) is 24.7 Å². The topological polar surface area (TPSA) is 77.0 Å². The van der Waals surface area contributed by atoms with Crippen LogP contribution in [0, 0.1) is 0 Å². The highest BCUT2D eigenvalue weighted by Crippen LogP contribution is 2.23. The minimum absolute atomic E-state index is 0. The lowest BCUT2D eigenvalue weighted by Gasteiger charge is -2.21. The normalized spacial score (nSPS) is 16.2. The van der Waals surface area contributed by atoms with Crippen LogP contribution in [0.3, 0.4) is 0 Å². The van der Waals surface area contributed by atoms with Crippen molar-refractivity contribution in [3.8, 4) is 17.1 Å². The molecule has 27 heavy (non-hydrogen) atoms. The number of rotatable bonds is 4. The second-order valence-corrected chi connectivity index (χ2v) is 6.40. The highest BCUT2D eigenvalue weighted by molar-refractivity contribution is 5.91. The molecule has 2 heterocycles. The average Bonchev–Trinajstić information content (AvgIpc) is 3.36. The van der Waals surface area contributed by atoms with Crippen molar-refractivity contribution < 1.29 is 4.79 Å². The Morgan fingerprint density at radius 2 is 1.74 bits per heavy atom. The van der Waals surface area contributed by atoms with Crippen LogP contribution >= 0.6 is 12.4 Å². The van der Waals surface area contributed by atoms with E-state index < -0.39 is 0 Å². The summed E-state index contributed by atoms with van der Waals surface area (Å²) in [5.74, 6) is 0.724. The number of halogens is 1. The van der Waals surface area contributed by atoms with E-state index >= 15 is 0 Å². The SMILES string of the molecule is Cl.NCC1CCCN1C(=O)c1nc(-c2ccccc2)n(-c2ccccc2)n1. The van der Waals surface area contributed by atoms with Crippen LogP contribution < -0.4 is 5.73 Å². The van der Waals surface area contributed by atoms with Crippen molar-refractivity contribution in [2.24, 2.45) is 5.73 Å². The Labute approximate surface area is 164 Å². The third kappa shape index (κ3) is 3.72. The molecule has 1 aliphatic heterocycles. The fourth-order valence-electron chi connectivity index (χ4n) is 3.40. The molecule has 1 amide bonds. The lowest BCUT2D eigenvalue weighted by molar-refractivity contribution is 0.0729. The summed E-state index contributed by atoms with van der Waals surface area (Å²) >= 11 is 0. The minimum atomic E-state index is -0.148. The molecule has 4 rings (SSSR count). The summed E-state index contributed by atoms with van der Waals surface area (Å²) in [6, 6.07) is 19.6. The molecule has 7 heteroatoms. The number of amides is 1. The van der Waals surface area contributed by atoms with Crippen LogP contribution in [0.25, 0.3) is 17.1 Å². The first-order valence-corrected chi connectivity index (χ1v) is 8.87. The Balaban J connectivity index is 0.00000210. The van der Waals surface area contributed by atoms with E-state index in [9.17, 15) is 4.79 Å². The van der Waals surface area contributed by atoms with Crippen LogP contribution in [0.1, 0.15) is 23.5 Å². The molecule has 1 fully saturated rings. The summed E-state index contributed by atoms with van der Waals surface area (Å²) in [4.78, 5) is 19.4. The standard InChI is InChI=1S/C20H21N5O.ClH/c21-14-17-12-7-13-24(17)20(26)18-22-19(15-8-3-1-4-9-15)25(23-18)16-10-5-2-6-11-16;/h1-6,8-11,17H,7,12-14,21H2;1H. The van der Waals surface area contributed by atoms with Gasteiger partial charge in [0.25, 0.3) is 5.91 Å². The molecular weight excluding hydrogens is 362 g/mol. The fraction of sp³-hybridized carbons (Fsp3) is 0.250. The van der Waals surface area contributed by atoms with Gasteiger partial charge in [0.2, 0.25) is 5.82 Å². The number of hydrogen-bond donors (Lipinski definition) is 1. The van der Waals surface area contributed by atoms with Gasteiger partial charge in [-0.1, -0.05) is 48.5 Å². The molecule has 0 bridgehead atoms. The van der Waals surface area contributed by atoms with Crippen LogP contribution in [-0.2, 0) is 0 Å². The van der Waals surface area contributed by atoms with E-state index in [4.69, 9.17) is 5.73 Å². The second kappa shape index (κ2) is 8.33. The maximum absolute atomic E-state index is 13.0. The summed E-state index contributed by atoms with van der Waals surface area (Å²) < 4.78 is 1.73. The average molecular weight is 384 g/mol. The van der Waals surface area contributed by atoms with Gasteiger partial charge in [0.15, 0.2) is 5.82 Å². The van der Waals surface area contributed by atoms with E-state index in [1.807, 2.05) is 60.7 Å². The molecule has 0 spiro atoms. The number of carbonyl (C=O) groups excluding carboxylic acids is 1. The fourth-order valence-corrected chi connectivity index (χ4v) is 3.40. The zero-order valence-electron chi connectivity index (χ0n) is 14.9. The monoisotopic (exact) mass is 383 g/mol. The summed E-state index contributed by atoms with van der Waals surface area (Å²) in [7, 11) is 0. The lowest BCUT2D eigenvalue weighted by Crippen LogP contribution is -2.40.